The van der Waals surface area contributed by atoms with Crippen LogP contribution in [0.4, 0.5) is 8.78 Å². The SMILES string of the molecule is O=C(OC(F)F)C1CCCCO1. The maximum Gasteiger partial charge on any atom is 0.389 e. The molecule has 1 aliphatic rings. The first-order valence-corrected chi connectivity index (χ1v) is 3.80. The summed E-state index contributed by atoms with van der Waals surface area (Å²) in [6.07, 6.45) is 1.39. The Morgan fingerprint density at radius 2 is 2.25 bits per heavy atom. The normalized spacial score (nSPS) is 24.1. The van der Waals surface area contributed by atoms with Gasteiger partial charge in [0.2, 0.25) is 0 Å². The molecule has 5 heteroatoms. The third-order valence-corrected chi connectivity index (χ3v) is 1.65. The summed E-state index contributed by atoms with van der Waals surface area (Å²) in [6, 6.07) is 0. The van der Waals surface area contributed by atoms with Crippen molar-refractivity contribution >= 4 is 5.97 Å². The van der Waals surface area contributed by atoms with Crippen molar-refractivity contribution in [2.45, 2.75) is 32.0 Å². The molecular formula is C7H10F2O3. The highest BCUT2D eigenvalue weighted by Gasteiger charge is 2.25. The molecule has 0 N–H and O–H groups in total. The number of hydrogen-bond donors (Lipinski definition) is 0. The molecule has 0 radical (unpaired) electrons. The van der Waals surface area contributed by atoms with E-state index in [4.69, 9.17) is 4.74 Å². The van der Waals surface area contributed by atoms with Crippen LogP contribution in [0.1, 0.15) is 19.3 Å². The lowest BCUT2D eigenvalue weighted by Gasteiger charge is -2.20. The molecule has 70 valence electrons. The van der Waals surface area contributed by atoms with E-state index in [-0.39, 0.29) is 0 Å². The van der Waals surface area contributed by atoms with Crippen LogP contribution in [0.5, 0.6) is 0 Å². The maximum atomic E-state index is 11.5. The number of alkyl halides is 2. The van der Waals surface area contributed by atoms with E-state index in [0.29, 0.717) is 13.0 Å². The fraction of sp³-hybridized carbons (Fsp3) is 0.857. The average Bonchev–Trinajstić information content (AvgIpc) is 2.05. The van der Waals surface area contributed by atoms with Crippen molar-refractivity contribution in [1.82, 2.24) is 0 Å². The Hall–Kier alpha value is -0.710. The Morgan fingerprint density at radius 3 is 2.75 bits per heavy atom. The van der Waals surface area contributed by atoms with Gasteiger partial charge < -0.3 is 9.47 Å². The van der Waals surface area contributed by atoms with Crippen molar-refractivity contribution in [2.75, 3.05) is 6.61 Å². The summed E-state index contributed by atoms with van der Waals surface area (Å²) in [5.41, 5.74) is 0. The molecule has 1 heterocycles. The molecule has 1 rings (SSSR count). The molecule has 0 amide bonds. The van der Waals surface area contributed by atoms with Crippen LogP contribution in [0.3, 0.4) is 0 Å². The average molecular weight is 180 g/mol. The molecule has 12 heavy (non-hydrogen) atoms. The van der Waals surface area contributed by atoms with Gasteiger partial charge in [0.25, 0.3) is 0 Å². The molecule has 0 aromatic rings. The Balaban J connectivity index is 2.30. The molecule has 1 saturated heterocycles. The lowest BCUT2D eigenvalue weighted by molar-refractivity contribution is -0.190. The summed E-state index contributed by atoms with van der Waals surface area (Å²) >= 11 is 0. The van der Waals surface area contributed by atoms with Crippen LogP contribution in [-0.2, 0) is 14.3 Å². The summed E-state index contributed by atoms with van der Waals surface area (Å²) in [4.78, 5) is 10.8. The minimum atomic E-state index is -3.04. The first-order valence-electron chi connectivity index (χ1n) is 3.80. The summed E-state index contributed by atoms with van der Waals surface area (Å²) in [7, 11) is 0. The van der Waals surface area contributed by atoms with Gasteiger partial charge in [-0.25, -0.2) is 4.79 Å². The minimum Gasteiger partial charge on any atom is -0.401 e. The van der Waals surface area contributed by atoms with Crippen molar-refractivity contribution in [2.24, 2.45) is 0 Å². The molecule has 1 unspecified atom stereocenters. The van der Waals surface area contributed by atoms with Gasteiger partial charge in [-0.15, -0.1) is 0 Å². The van der Waals surface area contributed by atoms with E-state index < -0.39 is 18.7 Å². The predicted octanol–water partition coefficient (Wildman–Crippen LogP) is 1.32. The van der Waals surface area contributed by atoms with Crippen LogP contribution in [0.25, 0.3) is 0 Å². The Labute approximate surface area is 68.6 Å². The molecule has 0 aliphatic carbocycles. The first-order chi connectivity index (χ1) is 5.70. The van der Waals surface area contributed by atoms with Gasteiger partial charge in [-0.05, 0) is 19.3 Å². The largest absolute Gasteiger partial charge is 0.401 e. The molecule has 1 atom stereocenters. The molecule has 1 fully saturated rings. The van der Waals surface area contributed by atoms with Gasteiger partial charge in [-0.2, -0.15) is 8.78 Å². The van der Waals surface area contributed by atoms with Crippen molar-refractivity contribution in [1.29, 1.82) is 0 Å². The molecule has 0 aromatic heterocycles. The second-order valence-corrected chi connectivity index (χ2v) is 2.55. The zero-order chi connectivity index (χ0) is 8.97. The highest BCUT2D eigenvalue weighted by molar-refractivity contribution is 5.74. The summed E-state index contributed by atoms with van der Waals surface area (Å²) in [5, 5.41) is 0. The standard InChI is InChI=1S/C7H10F2O3/c8-7(9)12-6(10)5-3-1-2-4-11-5/h5,7H,1-4H2. The van der Waals surface area contributed by atoms with Crippen molar-refractivity contribution in [3.05, 3.63) is 0 Å². The molecule has 0 aromatic carbocycles. The van der Waals surface area contributed by atoms with Gasteiger partial charge in [0.15, 0.2) is 6.10 Å². The topological polar surface area (TPSA) is 35.5 Å². The molecule has 1 aliphatic heterocycles. The molecule has 3 nitrogen and oxygen atoms in total. The minimum absolute atomic E-state index is 0.447. The molecule has 0 spiro atoms. The van der Waals surface area contributed by atoms with Crippen LogP contribution in [0.2, 0.25) is 0 Å². The Morgan fingerprint density at radius 1 is 1.50 bits per heavy atom. The van der Waals surface area contributed by atoms with Gasteiger partial charge in [0.1, 0.15) is 0 Å². The molecule has 0 bridgehead atoms. The number of rotatable bonds is 2. The zero-order valence-electron chi connectivity index (χ0n) is 6.46. The van der Waals surface area contributed by atoms with Gasteiger partial charge in [0.05, 0.1) is 0 Å². The summed E-state index contributed by atoms with van der Waals surface area (Å²) in [6.45, 7) is -2.59. The number of halogens is 2. The van der Waals surface area contributed by atoms with E-state index >= 15 is 0 Å². The number of hydrogen-bond acceptors (Lipinski definition) is 3. The van der Waals surface area contributed by atoms with Gasteiger partial charge in [-0.3, -0.25) is 0 Å². The van der Waals surface area contributed by atoms with Crippen LogP contribution in [-0.4, -0.2) is 25.3 Å². The van der Waals surface area contributed by atoms with E-state index in [1.165, 1.54) is 0 Å². The number of carbonyl (C=O) groups is 1. The molecular weight excluding hydrogens is 170 g/mol. The van der Waals surface area contributed by atoms with Crippen molar-refractivity contribution in [3.63, 3.8) is 0 Å². The monoisotopic (exact) mass is 180 g/mol. The highest BCUT2D eigenvalue weighted by Crippen LogP contribution is 2.14. The van der Waals surface area contributed by atoms with Gasteiger partial charge in [0, 0.05) is 6.61 Å². The fourth-order valence-electron chi connectivity index (χ4n) is 1.09. The highest BCUT2D eigenvalue weighted by atomic mass is 19.3. The van der Waals surface area contributed by atoms with Crippen molar-refractivity contribution in [3.8, 4) is 0 Å². The Kier molecular flexibility index (Phi) is 3.40. The van der Waals surface area contributed by atoms with Gasteiger partial charge >= 0.3 is 12.6 Å². The number of ether oxygens (including phenoxy) is 2. The number of esters is 1. The summed E-state index contributed by atoms with van der Waals surface area (Å²) in [5.74, 6) is -0.954. The second-order valence-electron chi connectivity index (χ2n) is 2.55. The van der Waals surface area contributed by atoms with E-state index in [9.17, 15) is 13.6 Å². The van der Waals surface area contributed by atoms with E-state index in [2.05, 4.69) is 4.74 Å². The maximum absolute atomic E-state index is 11.5. The smallest absolute Gasteiger partial charge is 0.389 e. The summed E-state index contributed by atoms with van der Waals surface area (Å²) < 4.78 is 31.7. The van der Waals surface area contributed by atoms with Gasteiger partial charge in [-0.1, -0.05) is 0 Å². The van der Waals surface area contributed by atoms with E-state index in [0.717, 1.165) is 12.8 Å². The van der Waals surface area contributed by atoms with E-state index in [1.807, 2.05) is 0 Å². The predicted molar refractivity (Wildman–Crippen MR) is 35.7 cm³/mol. The lowest BCUT2D eigenvalue weighted by Crippen LogP contribution is -2.31. The first kappa shape index (κ1) is 9.38. The Bertz CT molecular complexity index is 155. The third-order valence-electron chi connectivity index (χ3n) is 1.65. The fourth-order valence-corrected chi connectivity index (χ4v) is 1.09. The van der Waals surface area contributed by atoms with Crippen LogP contribution in [0, 0.1) is 0 Å². The third kappa shape index (κ3) is 2.73. The second kappa shape index (κ2) is 4.35. The quantitative estimate of drug-likeness (QED) is 0.601. The van der Waals surface area contributed by atoms with E-state index in [1.54, 1.807) is 0 Å². The van der Waals surface area contributed by atoms with Crippen LogP contribution < -0.4 is 0 Å². The lowest BCUT2D eigenvalue weighted by atomic mass is 10.1. The van der Waals surface area contributed by atoms with Crippen LogP contribution in [0.15, 0.2) is 0 Å². The zero-order valence-corrected chi connectivity index (χ0v) is 6.46. The number of carbonyl (C=O) groups excluding carboxylic acids is 1. The van der Waals surface area contributed by atoms with Crippen LogP contribution >= 0.6 is 0 Å². The molecule has 0 saturated carbocycles. The van der Waals surface area contributed by atoms with Crippen molar-refractivity contribution < 1.29 is 23.0 Å².